The summed E-state index contributed by atoms with van der Waals surface area (Å²) in [7, 11) is 0. The van der Waals surface area contributed by atoms with E-state index in [1.54, 1.807) is 12.4 Å². The second-order valence-corrected chi connectivity index (χ2v) is 3.07. The standard InChI is InChI=1S/C8H5N3S/c9-6-12-8-1-3-11-4-2-10-5-7(8)11/h1-5H. The zero-order chi connectivity index (χ0) is 8.39. The Kier molecular flexibility index (Phi) is 1.72. The van der Waals surface area contributed by atoms with Crippen LogP contribution in [0.5, 0.6) is 0 Å². The van der Waals surface area contributed by atoms with Crippen LogP contribution in [0, 0.1) is 10.7 Å². The Bertz CT molecular complexity index is 441. The lowest BCUT2D eigenvalue weighted by atomic mass is 10.5. The first-order valence-corrected chi connectivity index (χ1v) is 4.20. The van der Waals surface area contributed by atoms with E-state index in [1.165, 1.54) is 0 Å². The van der Waals surface area contributed by atoms with Crippen molar-refractivity contribution in [1.29, 1.82) is 5.26 Å². The maximum Gasteiger partial charge on any atom is 0.138 e. The minimum atomic E-state index is 0.950. The van der Waals surface area contributed by atoms with Gasteiger partial charge in [0.25, 0.3) is 0 Å². The molecule has 0 N–H and O–H groups in total. The molecule has 58 valence electrons. The Morgan fingerprint density at radius 1 is 1.50 bits per heavy atom. The van der Waals surface area contributed by atoms with Crippen molar-refractivity contribution >= 4 is 17.3 Å². The summed E-state index contributed by atoms with van der Waals surface area (Å²) in [5, 5.41) is 10.5. The number of thioether (sulfide) groups is 1. The van der Waals surface area contributed by atoms with E-state index in [0.717, 1.165) is 22.2 Å². The molecule has 0 saturated carbocycles. The van der Waals surface area contributed by atoms with Gasteiger partial charge in [-0.05, 0) is 17.8 Å². The molecule has 0 aliphatic carbocycles. The summed E-state index contributed by atoms with van der Waals surface area (Å²) in [6.45, 7) is 0. The van der Waals surface area contributed by atoms with Crippen LogP contribution >= 0.6 is 11.8 Å². The third-order valence-electron chi connectivity index (χ3n) is 1.58. The lowest BCUT2D eigenvalue weighted by Gasteiger charge is -1.92. The second-order valence-electron chi connectivity index (χ2n) is 2.24. The van der Waals surface area contributed by atoms with Crippen molar-refractivity contribution < 1.29 is 0 Å². The van der Waals surface area contributed by atoms with Gasteiger partial charge in [0, 0.05) is 23.5 Å². The van der Waals surface area contributed by atoms with Gasteiger partial charge in [0.2, 0.25) is 0 Å². The largest absolute Gasteiger partial charge is 0.320 e. The first kappa shape index (κ1) is 7.19. The van der Waals surface area contributed by atoms with Gasteiger partial charge in [0.1, 0.15) is 5.40 Å². The van der Waals surface area contributed by atoms with E-state index >= 15 is 0 Å². The maximum absolute atomic E-state index is 8.48. The van der Waals surface area contributed by atoms with Gasteiger partial charge in [-0.2, -0.15) is 5.26 Å². The molecule has 2 aromatic heterocycles. The maximum atomic E-state index is 8.48. The molecule has 0 unspecified atom stereocenters. The highest BCUT2D eigenvalue weighted by atomic mass is 32.2. The molecular formula is C8H5N3S. The van der Waals surface area contributed by atoms with Gasteiger partial charge in [0.15, 0.2) is 0 Å². The van der Waals surface area contributed by atoms with E-state index in [2.05, 4.69) is 4.98 Å². The topological polar surface area (TPSA) is 41.1 Å². The van der Waals surface area contributed by atoms with Crippen LogP contribution in [0.1, 0.15) is 0 Å². The molecule has 0 bridgehead atoms. The van der Waals surface area contributed by atoms with Gasteiger partial charge in [-0.3, -0.25) is 4.98 Å². The fourth-order valence-electron chi connectivity index (χ4n) is 1.06. The Labute approximate surface area is 73.6 Å². The van der Waals surface area contributed by atoms with Crippen LogP contribution in [0.2, 0.25) is 0 Å². The second kappa shape index (κ2) is 2.88. The summed E-state index contributed by atoms with van der Waals surface area (Å²) >= 11 is 1.16. The fraction of sp³-hybridized carbons (Fsp3) is 0. The predicted octanol–water partition coefficient (Wildman–Crippen LogP) is 1.91. The predicted molar refractivity (Wildman–Crippen MR) is 46.7 cm³/mol. The summed E-state index contributed by atoms with van der Waals surface area (Å²) < 4.78 is 1.94. The highest BCUT2D eigenvalue weighted by Gasteiger charge is 2.00. The quantitative estimate of drug-likeness (QED) is 0.491. The molecule has 0 aliphatic rings. The van der Waals surface area contributed by atoms with Gasteiger partial charge in [-0.15, -0.1) is 0 Å². The van der Waals surface area contributed by atoms with Gasteiger partial charge in [-0.25, -0.2) is 0 Å². The van der Waals surface area contributed by atoms with Crippen LogP contribution in [0.3, 0.4) is 0 Å². The van der Waals surface area contributed by atoms with Gasteiger partial charge < -0.3 is 4.40 Å². The van der Waals surface area contributed by atoms with Crippen molar-refractivity contribution in [2.45, 2.75) is 4.90 Å². The number of nitrogens with zero attached hydrogens (tertiary/aromatic N) is 3. The van der Waals surface area contributed by atoms with E-state index in [1.807, 2.05) is 28.3 Å². The Hall–Kier alpha value is -1.47. The first-order valence-electron chi connectivity index (χ1n) is 3.38. The van der Waals surface area contributed by atoms with Crippen LogP contribution < -0.4 is 0 Å². The molecule has 0 amide bonds. The minimum Gasteiger partial charge on any atom is -0.320 e. The third kappa shape index (κ3) is 1.04. The molecule has 12 heavy (non-hydrogen) atoms. The average Bonchev–Trinajstić information content (AvgIpc) is 2.50. The summed E-state index contributed by atoms with van der Waals surface area (Å²) in [6.07, 6.45) is 7.24. The van der Waals surface area contributed by atoms with Gasteiger partial charge in [-0.1, -0.05) is 0 Å². The molecule has 2 heterocycles. The van der Waals surface area contributed by atoms with Gasteiger partial charge in [0.05, 0.1) is 11.7 Å². The zero-order valence-electron chi connectivity index (χ0n) is 6.14. The fourth-order valence-corrected chi connectivity index (χ4v) is 1.55. The third-order valence-corrected chi connectivity index (χ3v) is 2.24. The lowest BCUT2D eigenvalue weighted by Crippen LogP contribution is -1.81. The molecular weight excluding hydrogens is 170 g/mol. The summed E-state index contributed by atoms with van der Waals surface area (Å²) in [5.41, 5.74) is 0.976. The average molecular weight is 175 g/mol. The SMILES string of the molecule is N#CSc1ccn2ccncc12. The van der Waals surface area contributed by atoms with Crippen LogP contribution in [-0.2, 0) is 0 Å². The number of fused-ring (bicyclic) bond motifs is 1. The highest BCUT2D eigenvalue weighted by molar-refractivity contribution is 8.03. The van der Waals surface area contributed by atoms with Crippen LogP contribution in [0.15, 0.2) is 35.7 Å². The van der Waals surface area contributed by atoms with Crippen LogP contribution in [0.4, 0.5) is 0 Å². The van der Waals surface area contributed by atoms with Gasteiger partial charge >= 0.3 is 0 Å². The number of nitriles is 1. The number of hydrogen-bond acceptors (Lipinski definition) is 3. The zero-order valence-corrected chi connectivity index (χ0v) is 6.95. The first-order chi connectivity index (χ1) is 5.92. The molecule has 0 aliphatic heterocycles. The molecule has 0 aromatic carbocycles. The number of rotatable bonds is 1. The molecule has 3 nitrogen and oxygen atoms in total. The minimum absolute atomic E-state index is 0.950. The molecule has 0 spiro atoms. The van der Waals surface area contributed by atoms with E-state index in [4.69, 9.17) is 5.26 Å². The Morgan fingerprint density at radius 2 is 2.42 bits per heavy atom. The number of hydrogen-bond donors (Lipinski definition) is 0. The lowest BCUT2D eigenvalue weighted by molar-refractivity contribution is 1.13. The van der Waals surface area contributed by atoms with Crippen molar-refractivity contribution in [2.75, 3.05) is 0 Å². The summed E-state index contributed by atoms with van der Waals surface area (Å²) in [4.78, 5) is 4.93. The van der Waals surface area contributed by atoms with Crippen molar-refractivity contribution in [3.8, 4) is 5.40 Å². The smallest absolute Gasteiger partial charge is 0.138 e. The van der Waals surface area contributed by atoms with E-state index in [9.17, 15) is 0 Å². The highest BCUT2D eigenvalue weighted by Crippen LogP contribution is 2.22. The number of thiocyanates is 1. The van der Waals surface area contributed by atoms with E-state index in [0.29, 0.717) is 0 Å². The molecule has 0 atom stereocenters. The monoisotopic (exact) mass is 175 g/mol. The van der Waals surface area contributed by atoms with E-state index < -0.39 is 0 Å². The summed E-state index contributed by atoms with van der Waals surface area (Å²) in [6, 6.07) is 1.91. The molecule has 2 rings (SSSR count). The van der Waals surface area contributed by atoms with E-state index in [-0.39, 0.29) is 0 Å². The molecule has 0 saturated heterocycles. The van der Waals surface area contributed by atoms with Crippen molar-refractivity contribution in [2.24, 2.45) is 0 Å². The van der Waals surface area contributed by atoms with Crippen LogP contribution in [-0.4, -0.2) is 9.38 Å². The molecule has 0 fully saturated rings. The molecule has 2 aromatic rings. The van der Waals surface area contributed by atoms with Crippen molar-refractivity contribution in [3.05, 3.63) is 30.9 Å². The Balaban J connectivity index is 2.64. The van der Waals surface area contributed by atoms with Crippen molar-refractivity contribution in [1.82, 2.24) is 9.38 Å². The molecule has 4 heteroatoms. The Morgan fingerprint density at radius 3 is 3.25 bits per heavy atom. The summed E-state index contributed by atoms with van der Waals surface area (Å²) in [5.74, 6) is 0. The number of aromatic nitrogens is 2. The van der Waals surface area contributed by atoms with Crippen molar-refractivity contribution in [3.63, 3.8) is 0 Å². The molecule has 0 radical (unpaired) electrons. The normalized spacial score (nSPS) is 9.92. The van der Waals surface area contributed by atoms with Crippen LogP contribution in [0.25, 0.3) is 5.52 Å².